The first-order valence-corrected chi connectivity index (χ1v) is 14.8. The van der Waals surface area contributed by atoms with Gasteiger partial charge in [-0.1, -0.05) is 29.3 Å². The van der Waals surface area contributed by atoms with Gasteiger partial charge in [-0.05, 0) is 61.7 Å². The molecule has 4 heterocycles. The van der Waals surface area contributed by atoms with Gasteiger partial charge in [-0.2, -0.15) is 0 Å². The molecule has 4 aromatic rings. The van der Waals surface area contributed by atoms with Crippen LogP contribution < -0.4 is 9.47 Å². The molecule has 42 heavy (non-hydrogen) atoms. The lowest BCUT2D eigenvalue weighted by atomic mass is 10.1. The molecule has 2 aliphatic heterocycles. The lowest BCUT2D eigenvalue weighted by Crippen LogP contribution is -2.39. The monoisotopic (exact) mass is 610 g/mol. The van der Waals surface area contributed by atoms with Crippen molar-refractivity contribution in [3.63, 3.8) is 0 Å². The van der Waals surface area contributed by atoms with E-state index in [1.54, 1.807) is 24.3 Å². The van der Waals surface area contributed by atoms with Crippen molar-refractivity contribution >= 4 is 40.2 Å². The van der Waals surface area contributed by atoms with Crippen LogP contribution in [0.15, 0.2) is 54.6 Å². The van der Waals surface area contributed by atoms with Gasteiger partial charge in [-0.15, -0.1) is 0 Å². The zero-order valence-corrected chi connectivity index (χ0v) is 24.8. The van der Waals surface area contributed by atoms with Crippen molar-refractivity contribution in [2.45, 2.75) is 51.2 Å². The van der Waals surface area contributed by atoms with Gasteiger partial charge >= 0.3 is 5.97 Å². The molecule has 2 aromatic heterocycles. The number of pyridine rings is 1. The van der Waals surface area contributed by atoms with Gasteiger partial charge in [-0.3, -0.25) is 4.90 Å². The normalized spacial score (nSPS) is 17.6. The Morgan fingerprint density at radius 2 is 1.88 bits per heavy atom. The number of ether oxygens (including phenoxy) is 4. The molecule has 2 aliphatic rings. The number of carbonyl (C=O) groups is 1. The highest BCUT2D eigenvalue weighted by molar-refractivity contribution is 6.35. The largest absolute Gasteiger partial charge is 0.486 e. The van der Waals surface area contributed by atoms with Crippen molar-refractivity contribution in [2.75, 3.05) is 26.8 Å². The van der Waals surface area contributed by atoms with Gasteiger partial charge in [0, 0.05) is 30.8 Å². The molecule has 11 heteroatoms. The molecule has 0 amide bonds. The van der Waals surface area contributed by atoms with E-state index in [4.69, 9.17) is 47.1 Å². The molecule has 0 spiro atoms. The topological polar surface area (TPSA) is 87.9 Å². The molecule has 0 N–H and O–H groups in total. The molecule has 2 saturated heterocycles. The number of hydrogen-bond donors (Lipinski definition) is 0. The Kier molecular flexibility index (Phi) is 8.81. The molecule has 0 saturated carbocycles. The molecular formula is C31H32Cl2N4O5. The van der Waals surface area contributed by atoms with Crippen molar-refractivity contribution in [1.82, 2.24) is 19.4 Å². The summed E-state index contributed by atoms with van der Waals surface area (Å²) in [6.45, 7) is 4.23. The van der Waals surface area contributed by atoms with E-state index in [1.807, 2.05) is 30.3 Å². The van der Waals surface area contributed by atoms with Crippen LogP contribution in [-0.2, 0) is 29.2 Å². The standard InChI is InChI=1S/C31H32Cl2N4O5/c1-39-31(38)20-5-7-26-27(15-20)37(17-24-11-14-40-24)29(35-26)18-36-12-9-23(10-13-36)42-30-4-2-3-22(34-30)19-41-28-8-6-21(32)16-25(28)33/h2-8,15-16,23-24H,9-14,17-19H2,1H3. The number of imidazole rings is 1. The average Bonchev–Trinajstić information content (AvgIpc) is 3.31. The van der Waals surface area contributed by atoms with Gasteiger partial charge in [0.25, 0.3) is 0 Å². The smallest absolute Gasteiger partial charge is 0.337 e. The molecule has 2 aromatic carbocycles. The average molecular weight is 612 g/mol. The zero-order chi connectivity index (χ0) is 29.1. The molecule has 6 rings (SSSR count). The molecule has 0 bridgehead atoms. The summed E-state index contributed by atoms with van der Waals surface area (Å²) < 4.78 is 24.9. The van der Waals surface area contributed by atoms with Gasteiger partial charge < -0.3 is 23.5 Å². The second-order valence-corrected chi connectivity index (χ2v) is 11.4. The highest BCUT2D eigenvalue weighted by Crippen LogP contribution is 2.29. The van der Waals surface area contributed by atoms with Crippen molar-refractivity contribution in [3.05, 3.63) is 81.7 Å². The lowest BCUT2D eigenvalue weighted by molar-refractivity contribution is -0.0592. The number of benzene rings is 2. The summed E-state index contributed by atoms with van der Waals surface area (Å²) in [4.78, 5) is 24.1. The van der Waals surface area contributed by atoms with Crippen LogP contribution in [0.3, 0.4) is 0 Å². The van der Waals surface area contributed by atoms with E-state index in [2.05, 4.69) is 14.5 Å². The Hall–Kier alpha value is -3.37. The quantitative estimate of drug-likeness (QED) is 0.204. The maximum Gasteiger partial charge on any atom is 0.337 e. The van der Waals surface area contributed by atoms with Gasteiger partial charge in [-0.25, -0.2) is 14.8 Å². The SMILES string of the molecule is COC(=O)c1ccc2nc(CN3CCC(Oc4cccc(COc5ccc(Cl)cc5Cl)n4)CC3)n(CC3CCO3)c2c1. The van der Waals surface area contributed by atoms with Crippen LogP contribution in [0.4, 0.5) is 0 Å². The number of carbonyl (C=O) groups excluding carboxylic acids is 1. The van der Waals surface area contributed by atoms with Crippen LogP contribution in [0.5, 0.6) is 11.6 Å². The first-order chi connectivity index (χ1) is 20.4. The summed E-state index contributed by atoms with van der Waals surface area (Å²) in [7, 11) is 1.39. The van der Waals surface area contributed by atoms with Crippen molar-refractivity contribution in [3.8, 4) is 11.6 Å². The van der Waals surface area contributed by atoms with Crippen LogP contribution in [0, 0.1) is 0 Å². The molecular weight excluding hydrogens is 579 g/mol. The van der Waals surface area contributed by atoms with E-state index in [9.17, 15) is 4.79 Å². The molecule has 1 atom stereocenters. The van der Waals surface area contributed by atoms with E-state index in [1.165, 1.54) is 7.11 Å². The van der Waals surface area contributed by atoms with Crippen LogP contribution in [0.2, 0.25) is 10.0 Å². The molecule has 0 aliphatic carbocycles. The highest BCUT2D eigenvalue weighted by atomic mass is 35.5. The fraction of sp³-hybridized carbons (Fsp3) is 0.387. The van der Waals surface area contributed by atoms with Crippen LogP contribution >= 0.6 is 23.2 Å². The Morgan fingerprint density at radius 1 is 1.05 bits per heavy atom. The van der Waals surface area contributed by atoms with Gasteiger partial charge in [0.15, 0.2) is 0 Å². The first kappa shape index (κ1) is 28.7. The number of aromatic nitrogens is 3. The number of methoxy groups -OCH3 is 1. The number of rotatable bonds is 10. The van der Waals surface area contributed by atoms with E-state index < -0.39 is 0 Å². The minimum atomic E-state index is -0.355. The summed E-state index contributed by atoms with van der Waals surface area (Å²) >= 11 is 12.2. The van der Waals surface area contributed by atoms with Crippen molar-refractivity contribution in [2.24, 2.45) is 0 Å². The molecule has 220 valence electrons. The molecule has 1 unspecified atom stereocenters. The van der Waals surface area contributed by atoms with Gasteiger partial charge in [0.1, 0.15) is 24.3 Å². The Balaban J connectivity index is 1.07. The Labute approximate surface area is 254 Å². The minimum Gasteiger partial charge on any atom is -0.486 e. The zero-order valence-electron chi connectivity index (χ0n) is 23.3. The van der Waals surface area contributed by atoms with Crippen molar-refractivity contribution in [1.29, 1.82) is 0 Å². The second kappa shape index (κ2) is 12.9. The third kappa shape index (κ3) is 6.65. The third-order valence-electron chi connectivity index (χ3n) is 7.67. The number of esters is 1. The lowest BCUT2D eigenvalue weighted by Gasteiger charge is -2.32. The molecule has 2 fully saturated rings. The highest BCUT2D eigenvalue weighted by Gasteiger charge is 2.26. The van der Waals surface area contributed by atoms with Crippen LogP contribution in [0.25, 0.3) is 11.0 Å². The number of hydrogen-bond acceptors (Lipinski definition) is 8. The fourth-order valence-corrected chi connectivity index (χ4v) is 5.74. The Bertz CT molecular complexity index is 1570. The van der Waals surface area contributed by atoms with Crippen LogP contribution in [0.1, 0.15) is 41.1 Å². The second-order valence-electron chi connectivity index (χ2n) is 10.5. The maximum absolute atomic E-state index is 12.2. The molecule has 9 nitrogen and oxygen atoms in total. The van der Waals surface area contributed by atoms with Crippen molar-refractivity contribution < 1.29 is 23.7 Å². The summed E-state index contributed by atoms with van der Waals surface area (Å²) in [6, 6.07) is 16.3. The first-order valence-electron chi connectivity index (χ1n) is 14.1. The number of fused-ring (bicyclic) bond motifs is 1. The summed E-state index contributed by atoms with van der Waals surface area (Å²) in [5.74, 6) is 1.75. The maximum atomic E-state index is 12.2. The van der Waals surface area contributed by atoms with Gasteiger partial charge in [0.2, 0.25) is 5.88 Å². The van der Waals surface area contributed by atoms with E-state index in [0.717, 1.165) is 61.5 Å². The number of nitrogens with zero attached hydrogens (tertiary/aromatic N) is 4. The summed E-state index contributed by atoms with van der Waals surface area (Å²) in [5, 5.41) is 1.02. The number of piperidine rings is 1. The van der Waals surface area contributed by atoms with E-state index >= 15 is 0 Å². The minimum absolute atomic E-state index is 0.0698. The predicted molar refractivity (Wildman–Crippen MR) is 159 cm³/mol. The van der Waals surface area contributed by atoms with Gasteiger partial charge in [0.05, 0.1) is 53.6 Å². The Morgan fingerprint density at radius 3 is 2.62 bits per heavy atom. The van der Waals surface area contributed by atoms with Crippen LogP contribution in [-0.4, -0.2) is 64.4 Å². The third-order valence-corrected chi connectivity index (χ3v) is 8.20. The van der Waals surface area contributed by atoms with E-state index in [-0.39, 0.29) is 24.8 Å². The number of halogens is 2. The molecule has 0 radical (unpaired) electrons. The number of likely N-dealkylation sites (tertiary alicyclic amines) is 1. The summed E-state index contributed by atoms with van der Waals surface area (Å²) in [6.07, 6.45) is 3.01. The fourth-order valence-electron chi connectivity index (χ4n) is 5.28. The van der Waals surface area contributed by atoms with E-state index in [0.29, 0.717) is 40.3 Å². The predicted octanol–water partition coefficient (Wildman–Crippen LogP) is 5.94. The summed E-state index contributed by atoms with van der Waals surface area (Å²) in [5.41, 5.74) is 3.06.